The Labute approximate surface area is 201 Å². The molecule has 1 amide bonds. The largest absolute Gasteiger partial charge is 0.381 e. The number of aryl methyl sites for hydroxylation is 1. The Hall–Kier alpha value is -1.95. The molecule has 0 spiro atoms. The van der Waals surface area contributed by atoms with E-state index in [2.05, 4.69) is 11.9 Å². The maximum Gasteiger partial charge on any atom is 0.229 e. The molecule has 0 N–H and O–H groups in total. The summed E-state index contributed by atoms with van der Waals surface area (Å²) in [6.07, 6.45) is 4.15. The lowest BCUT2D eigenvalue weighted by atomic mass is 9.73. The first-order valence-electron chi connectivity index (χ1n) is 11.9. The number of carbonyl (C=O) groups is 1. The zero-order valence-electron chi connectivity index (χ0n) is 19.9. The van der Waals surface area contributed by atoms with Crippen molar-refractivity contribution >= 4 is 17.5 Å². The van der Waals surface area contributed by atoms with Gasteiger partial charge >= 0.3 is 0 Å². The summed E-state index contributed by atoms with van der Waals surface area (Å²) in [5, 5.41) is 0.404. The van der Waals surface area contributed by atoms with E-state index in [0.717, 1.165) is 49.9 Å². The predicted molar refractivity (Wildman–Crippen MR) is 131 cm³/mol. The number of likely N-dealkylation sites (tertiary alicyclic amines) is 1. The molecule has 0 aliphatic carbocycles. The van der Waals surface area contributed by atoms with Gasteiger partial charge in [0.2, 0.25) is 5.91 Å². The van der Waals surface area contributed by atoms with Gasteiger partial charge in [-0.15, -0.1) is 0 Å². The highest BCUT2D eigenvalue weighted by atomic mass is 35.5. The van der Waals surface area contributed by atoms with Crippen molar-refractivity contribution in [1.82, 2.24) is 9.80 Å². The van der Waals surface area contributed by atoms with Crippen LogP contribution in [0.4, 0.5) is 4.39 Å². The third-order valence-electron chi connectivity index (χ3n) is 7.53. The van der Waals surface area contributed by atoms with Crippen molar-refractivity contribution in [2.45, 2.75) is 45.1 Å². The second kappa shape index (κ2) is 10.1. The zero-order chi connectivity index (χ0) is 23.6. The molecule has 0 bridgehead atoms. The number of benzene rings is 2. The van der Waals surface area contributed by atoms with Gasteiger partial charge in [0.05, 0.1) is 10.4 Å². The van der Waals surface area contributed by atoms with Crippen molar-refractivity contribution in [2.75, 3.05) is 40.4 Å². The van der Waals surface area contributed by atoms with Crippen LogP contribution in [0.25, 0.3) is 11.1 Å². The van der Waals surface area contributed by atoms with E-state index in [0.29, 0.717) is 41.8 Å². The van der Waals surface area contributed by atoms with Crippen LogP contribution in [0.2, 0.25) is 5.02 Å². The number of hydrogen-bond acceptors (Lipinski definition) is 3. The average molecular weight is 473 g/mol. The van der Waals surface area contributed by atoms with Crippen LogP contribution in [0.3, 0.4) is 0 Å². The molecule has 2 aliphatic heterocycles. The summed E-state index contributed by atoms with van der Waals surface area (Å²) in [5.74, 6) is -0.0525. The summed E-state index contributed by atoms with van der Waals surface area (Å²) in [6.45, 7) is 5.01. The van der Waals surface area contributed by atoms with Crippen LogP contribution in [-0.2, 0) is 16.0 Å². The second-order valence-electron chi connectivity index (χ2n) is 9.77. The summed E-state index contributed by atoms with van der Waals surface area (Å²) in [6, 6.07) is 11.6. The van der Waals surface area contributed by atoms with E-state index in [1.54, 1.807) is 19.1 Å². The van der Waals surface area contributed by atoms with E-state index >= 15 is 0 Å². The smallest absolute Gasteiger partial charge is 0.229 e. The number of ether oxygens (including phenoxy) is 1. The fraction of sp³-hybridized carbons (Fsp3) is 0.519. The minimum atomic E-state index is -0.454. The molecule has 0 radical (unpaired) electrons. The van der Waals surface area contributed by atoms with Gasteiger partial charge in [0.15, 0.2) is 0 Å². The highest BCUT2D eigenvalue weighted by Gasteiger charge is 2.43. The number of rotatable bonds is 5. The third kappa shape index (κ3) is 5.11. The molecule has 4 rings (SSSR count). The van der Waals surface area contributed by atoms with Gasteiger partial charge in [-0.3, -0.25) is 4.79 Å². The summed E-state index contributed by atoms with van der Waals surface area (Å²) in [4.78, 5) is 18.1. The lowest BCUT2D eigenvalue weighted by molar-refractivity contribution is -0.149. The Kier molecular flexibility index (Phi) is 7.42. The maximum absolute atomic E-state index is 14.7. The lowest BCUT2D eigenvalue weighted by Crippen LogP contribution is -2.52. The van der Waals surface area contributed by atoms with Crippen LogP contribution in [0.5, 0.6) is 0 Å². The van der Waals surface area contributed by atoms with Crippen molar-refractivity contribution in [3.63, 3.8) is 0 Å². The molecule has 33 heavy (non-hydrogen) atoms. The number of hydrogen-bond donors (Lipinski definition) is 0. The first-order chi connectivity index (χ1) is 15.8. The molecule has 0 saturated carbocycles. The predicted octanol–water partition coefficient (Wildman–Crippen LogP) is 5.35. The second-order valence-corrected chi connectivity index (χ2v) is 10.2. The molecule has 2 saturated heterocycles. The van der Waals surface area contributed by atoms with E-state index in [4.69, 9.17) is 16.3 Å². The summed E-state index contributed by atoms with van der Waals surface area (Å²) in [5.41, 5.74) is 2.38. The van der Waals surface area contributed by atoms with Crippen molar-refractivity contribution < 1.29 is 13.9 Å². The molecule has 178 valence electrons. The Bertz CT molecular complexity index is 980. The minimum absolute atomic E-state index is 0.234. The highest BCUT2D eigenvalue weighted by Crippen LogP contribution is 2.38. The van der Waals surface area contributed by atoms with Gasteiger partial charge in [0, 0.05) is 31.9 Å². The molecule has 4 nitrogen and oxygen atoms in total. The highest BCUT2D eigenvalue weighted by molar-refractivity contribution is 6.33. The van der Waals surface area contributed by atoms with E-state index in [9.17, 15) is 9.18 Å². The van der Waals surface area contributed by atoms with E-state index in [1.807, 2.05) is 36.2 Å². The normalized spacial score (nSPS) is 19.4. The standard InChI is InChI=1S/C27H34ClFN2O2/c1-19-4-9-23(28)24(25(19)29)21-7-5-20(6-8-21)18-27(12-16-33-17-13-27)26(32)31(3)22-10-14-30(2)15-11-22/h4-9,22H,10-18H2,1-3H3. The molecular weight excluding hydrogens is 439 g/mol. The van der Waals surface area contributed by atoms with Gasteiger partial charge in [-0.2, -0.15) is 0 Å². The van der Waals surface area contributed by atoms with Crippen LogP contribution in [0, 0.1) is 18.2 Å². The van der Waals surface area contributed by atoms with Crippen LogP contribution in [-0.4, -0.2) is 62.1 Å². The monoisotopic (exact) mass is 472 g/mol. The van der Waals surface area contributed by atoms with Gasteiger partial charge in [-0.05, 0) is 81.9 Å². The molecule has 2 heterocycles. The van der Waals surface area contributed by atoms with Crippen molar-refractivity contribution in [2.24, 2.45) is 5.41 Å². The molecule has 2 aromatic carbocycles. The van der Waals surface area contributed by atoms with Crippen molar-refractivity contribution in [3.05, 3.63) is 58.4 Å². The van der Waals surface area contributed by atoms with Crippen LogP contribution in [0.1, 0.15) is 36.8 Å². The molecule has 0 atom stereocenters. The molecule has 2 aromatic rings. The molecular formula is C27H34ClFN2O2. The molecule has 0 unspecified atom stereocenters. The quantitative estimate of drug-likeness (QED) is 0.588. The average Bonchev–Trinajstić information content (AvgIpc) is 2.83. The van der Waals surface area contributed by atoms with Gasteiger partial charge in [-0.1, -0.05) is 41.9 Å². The zero-order valence-corrected chi connectivity index (χ0v) is 20.6. The molecule has 2 aliphatic rings. The Balaban J connectivity index is 1.55. The van der Waals surface area contributed by atoms with Gasteiger partial charge in [-0.25, -0.2) is 4.39 Å². The first kappa shape index (κ1) is 24.2. The molecule has 2 fully saturated rings. The minimum Gasteiger partial charge on any atom is -0.381 e. The van der Waals surface area contributed by atoms with Gasteiger partial charge < -0.3 is 14.5 Å². The fourth-order valence-electron chi connectivity index (χ4n) is 5.25. The van der Waals surface area contributed by atoms with E-state index < -0.39 is 5.41 Å². The number of carbonyl (C=O) groups excluding carboxylic acids is 1. The number of nitrogens with zero attached hydrogens (tertiary/aromatic N) is 2. The lowest BCUT2D eigenvalue weighted by Gasteiger charge is -2.43. The van der Waals surface area contributed by atoms with Gasteiger partial charge in [0.25, 0.3) is 0 Å². The summed E-state index contributed by atoms with van der Waals surface area (Å²) in [7, 11) is 4.11. The van der Waals surface area contributed by atoms with E-state index in [1.165, 1.54) is 0 Å². The van der Waals surface area contributed by atoms with Crippen LogP contribution < -0.4 is 0 Å². The third-order valence-corrected chi connectivity index (χ3v) is 7.84. The van der Waals surface area contributed by atoms with Crippen LogP contribution >= 0.6 is 11.6 Å². The van der Waals surface area contributed by atoms with Gasteiger partial charge in [0.1, 0.15) is 5.82 Å². The van der Waals surface area contributed by atoms with E-state index in [-0.39, 0.29) is 11.7 Å². The van der Waals surface area contributed by atoms with Crippen LogP contribution in [0.15, 0.2) is 36.4 Å². The Morgan fingerprint density at radius 1 is 1.15 bits per heavy atom. The fourth-order valence-corrected chi connectivity index (χ4v) is 5.51. The molecule has 6 heteroatoms. The summed E-state index contributed by atoms with van der Waals surface area (Å²) >= 11 is 6.31. The number of amides is 1. The Morgan fingerprint density at radius 2 is 1.79 bits per heavy atom. The molecule has 0 aromatic heterocycles. The van der Waals surface area contributed by atoms with Crippen molar-refractivity contribution in [3.8, 4) is 11.1 Å². The topological polar surface area (TPSA) is 32.8 Å². The SMILES string of the molecule is Cc1ccc(Cl)c(-c2ccc(CC3(C(=O)N(C)C4CCN(C)CC4)CCOCC3)cc2)c1F. The number of halogens is 2. The van der Waals surface area contributed by atoms with Crippen molar-refractivity contribution in [1.29, 1.82) is 0 Å². The number of piperidine rings is 1. The first-order valence-corrected chi connectivity index (χ1v) is 12.3. The Morgan fingerprint density at radius 3 is 2.42 bits per heavy atom. The maximum atomic E-state index is 14.7. The summed E-state index contributed by atoms with van der Waals surface area (Å²) < 4.78 is 20.4.